The first-order valence-corrected chi connectivity index (χ1v) is 32.9. The fourth-order valence-corrected chi connectivity index (χ4v) is 8.18. The van der Waals surface area contributed by atoms with Crippen LogP contribution in [0.5, 0.6) is 0 Å². The van der Waals surface area contributed by atoms with Crippen molar-refractivity contribution in [3.63, 3.8) is 0 Å². The monoisotopic (exact) mass is 1170 g/mol. The molecule has 2 unspecified atom stereocenters. The lowest BCUT2D eigenvalue weighted by atomic mass is 10.1. The number of carbonyl (C=O) groups is 3. The number of allylic oxidation sites excluding steroid dienone is 30. The lowest BCUT2D eigenvalue weighted by molar-refractivity contribution is -0.870. The number of carboxylic acids is 1. The van der Waals surface area contributed by atoms with Crippen molar-refractivity contribution in [3.8, 4) is 0 Å². The molecule has 85 heavy (non-hydrogen) atoms. The van der Waals surface area contributed by atoms with Gasteiger partial charge in [-0.25, -0.2) is 0 Å². The van der Waals surface area contributed by atoms with Crippen LogP contribution in [-0.4, -0.2) is 82.3 Å². The Morgan fingerprint density at radius 3 is 0.941 bits per heavy atom. The number of aliphatic carboxylic acids is 1. The fourth-order valence-electron chi connectivity index (χ4n) is 8.18. The number of nitrogens with zero attached hydrogens (tertiary/aromatic N) is 1. The molecule has 0 heterocycles. The summed E-state index contributed by atoms with van der Waals surface area (Å²) in [6.07, 6.45) is 95.2. The van der Waals surface area contributed by atoms with Gasteiger partial charge in [0.1, 0.15) is 13.2 Å². The van der Waals surface area contributed by atoms with Crippen LogP contribution in [0.2, 0.25) is 0 Å². The highest BCUT2D eigenvalue weighted by atomic mass is 16.7. The van der Waals surface area contributed by atoms with Gasteiger partial charge in [0.05, 0.1) is 40.3 Å². The molecule has 0 aliphatic carbocycles. The number of carboxylic acid groups (broad SMARTS) is 1. The molecular weight excluding hydrogens is 1050 g/mol. The zero-order valence-corrected chi connectivity index (χ0v) is 54.1. The molecule has 9 heteroatoms. The minimum Gasteiger partial charge on any atom is -0.545 e. The summed E-state index contributed by atoms with van der Waals surface area (Å²) in [7, 11) is 5.90. The van der Waals surface area contributed by atoms with E-state index in [0.717, 1.165) is 154 Å². The maximum atomic E-state index is 12.9. The number of carbonyl (C=O) groups excluding carboxylic acids is 3. The van der Waals surface area contributed by atoms with Crippen LogP contribution in [-0.2, 0) is 33.3 Å². The SMILES string of the molecule is CC/C=C\C/C=C\C/C=C\C/C=C\C/C=C\C/C=C\C/C=C\C/C=C\C/C=C\CCCCCCCC(=O)OC(COC(=O)CCCCCCCCCC/C=C\C/C=C\C/C=C\C/C=C\C/C=C\C/C=C\CC)COC(OCC[N+](C)(C)C)C(=O)[O-]. The highest BCUT2D eigenvalue weighted by molar-refractivity contribution is 5.70. The fraction of sp³-hybridized carbons (Fsp3) is 0.566. The summed E-state index contributed by atoms with van der Waals surface area (Å²) in [5.74, 6) is -2.34. The van der Waals surface area contributed by atoms with Gasteiger partial charge in [-0.3, -0.25) is 9.59 Å². The maximum Gasteiger partial charge on any atom is 0.306 e. The number of likely N-dealkylation sites (N-methyl/N-ethyl adjacent to an activating group) is 1. The summed E-state index contributed by atoms with van der Waals surface area (Å²) in [5, 5.41) is 11.8. The predicted molar refractivity (Wildman–Crippen MR) is 361 cm³/mol. The molecule has 476 valence electrons. The third kappa shape index (κ3) is 65.8. The Morgan fingerprint density at radius 1 is 0.353 bits per heavy atom. The van der Waals surface area contributed by atoms with Gasteiger partial charge in [0, 0.05) is 12.8 Å². The second-order valence-corrected chi connectivity index (χ2v) is 22.3. The van der Waals surface area contributed by atoms with E-state index in [1.54, 1.807) is 0 Å². The first kappa shape index (κ1) is 79.4. The Hall–Kier alpha value is -5.61. The maximum absolute atomic E-state index is 12.9. The van der Waals surface area contributed by atoms with Gasteiger partial charge in [-0.05, 0) is 135 Å². The zero-order valence-electron chi connectivity index (χ0n) is 54.1. The Kier molecular flexibility index (Phi) is 60.1. The summed E-state index contributed by atoms with van der Waals surface area (Å²) >= 11 is 0. The number of hydrogen-bond donors (Lipinski definition) is 0. The third-order valence-electron chi connectivity index (χ3n) is 13.1. The molecule has 0 fully saturated rings. The van der Waals surface area contributed by atoms with Gasteiger partial charge in [-0.1, -0.05) is 254 Å². The van der Waals surface area contributed by atoms with Crippen LogP contribution >= 0.6 is 0 Å². The van der Waals surface area contributed by atoms with E-state index < -0.39 is 24.3 Å². The average molecular weight is 1170 g/mol. The lowest BCUT2D eigenvalue weighted by Gasteiger charge is -2.26. The Labute approximate surface area is 519 Å². The summed E-state index contributed by atoms with van der Waals surface area (Å²) in [5.41, 5.74) is 0. The molecule has 0 aromatic heterocycles. The topological polar surface area (TPSA) is 111 Å². The number of quaternary nitrogens is 1. The average Bonchev–Trinajstić information content (AvgIpc) is 3.49. The van der Waals surface area contributed by atoms with E-state index in [9.17, 15) is 19.5 Å². The van der Waals surface area contributed by atoms with Crippen LogP contribution in [0.4, 0.5) is 0 Å². The van der Waals surface area contributed by atoms with Gasteiger partial charge in [-0.2, -0.15) is 0 Å². The Morgan fingerprint density at radius 2 is 0.635 bits per heavy atom. The standard InChI is InChI=1S/C76H119NO8/c1-6-8-10-12-14-16-18-20-22-24-26-28-30-32-34-35-36-37-38-39-41-43-45-47-49-51-53-55-57-59-61-63-65-67-74(79)85-72(71-84-76(75(80)81)82-69-68-77(3,4)5)70-83-73(78)66-64-62-60-58-56-54-52-50-48-46-44-42-40-33-31-29-27-25-23-21-19-17-15-13-11-9-7-2/h8-11,14-17,20-23,26-29,32-34,36-37,39-41,44-47,51,53,72,76H,6-7,12-13,18-19,24-25,30-31,35,38,42-43,48-50,52,54-71H2,1-5H3/b10-8-,11-9-,16-14-,17-15-,22-20-,23-21-,28-26-,29-27-,34-32-,37-36-,40-33-,41-39-,46-44-,47-45-,53-51-. The summed E-state index contributed by atoms with van der Waals surface area (Å²) in [6.45, 7) is 4.46. The number of rotatable bonds is 58. The van der Waals surface area contributed by atoms with Gasteiger partial charge >= 0.3 is 11.9 Å². The molecule has 0 bridgehead atoms. The Bertz CT molecular complexity index is 2050. The van der Waals surface area contributed by atoms with Gasteiger partial charge in [-0.15, -0.1) is 0 Å². The second kappa shape index (κ2) is 64.4. The van der Waals surface area contributed by atoms with E-state index in [1.807, 2.05) is 21.1 Å². The van der Waals surface area contributed by atoms with Crippen molar-refractivity contribution in [2.24, 2.45) is 0 Å². The van der Waals surface area contributed by atoms with E-state index in [1.165, 1.54) is 25.7 Å². The van der Waals surface area contributed by atoms with Gasteiger partial charge < -0.3 is 33.3 Å². The zero-order chi connectivity index (χ0) is 61.9. The first-order valence-electron chi connectivity index (χ1n) is 32.9. The van der Waals surface area contributed by atoms with Gasteiger partial charge in [0.2, 0.25) is 0 Å². The summed E-state index contributed by atoms with van der Waals surface area (Å²) in [4.78, 5) is 37.4. The van der Waals surface area contributed by atoms with E-state index in [0.29, 0.717) is 23.9 Å². The third-order valence-corrected chi connectivity index (χ3v) is 13.1. The number of esters is 2. The smallest absolute Gasteiger partial charge is 0.306 e. The van der Waals surface area contributed by atoms with Crippen molar-refractivity contribution >= 4 is 17.9 Å². The van der Waals surface area contributed by atoms with Crippen LogP contribution in [0, 0.1) is 0 Å². The van der Waals surface area contributed by atoms with Crippen molar-refractivity contribution < 1.29 is 42.9 Å². The van der Waals surface area contributed by atoms with E-state index >= 15 is 0 Å². The highest BCUT2D eigenvalue weighted by Gasteiger charge is 2.22. The van der Waals surface area contributed by atoms with Crippen LogP contribution < -0.4 is 5.11 Å². The molecule has 0 rings (SSSR count). The normalized spacial score (nSPS) is 13.9. The van der Waals surface area contributed by atoms with Crippen molar-refractivity contribution in [2.45, 2.75) is 232 Å². The van der Waals surface area contributed by atoms with E-state index in [2.05, 4.69) is 196 Å². The second-order valence-electron chi connectivity index (χ2n) is 22.3. The van der Waals surface area contributed by atoms with E-state index in [-0.39, 0.29) is 38.6 Å². The summed E-state index contributed by atoms with van der Waals surface area (Å²) < 4.78 is 22.7. The van der Waals surface area contributed by atoms with Crippen molar-refractivity contribution in [1.29, 1.82) is 0 Å². The molecule has 9 nitrogen and oxygen atoms in total. The molecule has 0 aromatic carbocycles. The van der Waals surface area contributed by atoms with Crippen LogP contribution in [0.25, 0.3) is 0 Å². The van der Waals surface area contributed by atoms with Gasteiger partial charge in [0.25, 0.3) is 0 Å². The number of ether oxygens (including phenoxy) is 4. The molecule has 0 aliphatic rings. The quantitative estimate of drug-likeness (QED) is 0.0195. The largest absolute Gasteiger partial charge is 0.545 e. The number of unbranched alkanes of at least 4 members (excludes halogenated alkanes) is 13. The summed E-state index contributed by atoms with van der Waals surface area (Å²) in [6, 6.07) is 0. The molecule has 0 spiro atoms. The van der Waals surface area contributed by atoms with Crippen LogP contribution in [0.1, 0.15) is 219 Å². The molecule has 0 radical (unpaired) electrons. The number of hydrogen-bond acceptors (Lipinski definition) is 8. The van der Waals surface area contributed by atoms with E-state index in [4.69, 9.17) is 18.9 Å². The first-order chi connectivity index (χ1) is 41.6. The highest BCUT2D eigenvalue weighted by Crippen LogP contribution is 2.14. The minimum atomic E-state index is -1.64. The predicted octanol–water partition coefficient (Wildman–Crippen LogP) is 19.1. The van der Waals surface area contributed by atoms with Crippen molar-refractivity contribution in [1.82, 2.24) is 0 Å². The van der Waals surface area contributed by atoms with Crippen LogP contribution in [0.15, 0.2) is 182 Å². The molecular formula is C76H119NO8. The van der Waals surface area contributed by atoms with Crippen molar-refractivity contribution in [2.75, 3.05) is 47.5 Å². The molecule has 0 N–H and O–H groups in total. The van der Waals surface area contributed by atoms with Crippen molar-refractivity contribution in [3.05, 3.63) is 182 Å². The molecule has 0 aliphatic heterocycles. The molecule has 0 saturated heterocycles. The molecule has 0 aromatic rings. The lowest BCUT2D eigenvalue weighted by Crippen LogP contribution is -2.44. The Balaban J connectivity index is 4.31. The molecule has 0 saturated carbocycles. The molecule has 0 amide bonds. The van der Waals surface area contributed by atoms with Gasteiger partial charge in [0.15, 0.2) is 12.4 Å². The molecule has 2 atom stereocenters. The van der Waals surface area contributed by atoms with Crippen LogP contribution in [0.3, 0.4) is 0 Å². The minimum absolute atomic E-state index is 0.131.